The van der Waals surface area contributed by atoms with Gasteiger partial charge in [0, 0.05) is 18.8 Å². The zero-order chi connectivity index (χ0) is 15.4. The molecule has 21 heavy (non-hydrogen) atoms. The number of hydrogen-bond donors (Lipinski definition) is 1. The molecule has 2 aromatic rings. The number of nitrogen functional groups attached to an aromatic ring is 1. The van der Waals surface area contributed by atoms with Gasteiger partial charge in [-0.1, -0.05) is 30.3 Å². The maximum Gasteiger partial charge on any atom is 0.257 e. The van der Waals surface area contributed by atoms with Crippen LogP contribution < -0.4 is 5.73 Å². The molecule has 0 radical (unpaired) electrons. The Labute approximate surface area is 124 Å². The van der Waals surface area contributed by atoms with Gasteiger partial charge in [0.05, 0.1) is 5.56 Å². The second-order valence-corrected chi connectivity index (χ2v) is 4.95. The predicted octanol–water partition coefficient (Wildman–Crippen LogP) is 3.38. The summed E-state index contributed by atoms with van der Waals surface area (Å²) in [5.74, 6) is -0.774. The molecule has 0 spiro atoms. The number of aryl methyl sites for hydroxylation is 1. The van der Waals surface area contributed by atoms with E-state index in [1.807, 2.05) is 25.1 Å². The van der Waals surface area contributed by atoms with Gasteiger partial charge in [-0.15, -0.1) is 0 Å². The van der Waals surface area contributed by atoms with Crippen molar-refractivity contribution in [1.29, 1.82) is 0 Å². The largest absolute Gasteiger partial charge is 0.398 e. The van der Waals surface area contributed by atoms with E-state index in [-0.39, 0.29) is 11.5 Å². The highest BCUT2D eigenvalue weighted by Gasteiger charge is 2.19. The number of anilines is 1. The van der Waals surface area contributed by atoms with E-state index >= 15 is 0 Å². The molecule has 2 aromatic carbocycles. The first-order valence-electron chi connectivity index (χ1n) is 6.92. The number of para-hydroxylation sites is 1. The van der Waals surface area contributed by atoms with E-state index in [9.17, 15) is 9.18 Å². The Balaban J connectivity index is 2.27. The topological polar surface area (TPSA) is 46.3 Å². The van der Waals surface area contributed by atoms with E-state index < -0.39 is 5.82 Å². The minimum absolute atomic E-state index is 0.103. The maximum absolute atomic E-state index is 14.1. The summed E-state index contributed by atoms with van der Waals surface area (Å²) >= 11 is 0. The van der Waals surface area contributed by atoms with Crippen molar-refractivity contribution in [2.75, 3.05) is 12.3 Å². The minimum Gasteiger partial charge on any atom is -0.398 e. The van der Waals surface area contributed by atoms with E-state index in [2.05, 4.69) is 0 Å². The second kappa shape index (κ2) is 6.39. The van der Waals surface area contributed by atoms with Gasteiger partial charge in [-0.25, -0.2) is 4.39 Å². The van der Waals surface area contributed by atoms with Crippen LogP contribution in [0.3, 0.4) is 0 Å². The summed E-state index contributed by atoms with van der Waals surface area (Å²) in [5.41, 5.74) is 7.97. The number of carbonyl (C=O) groups is 1. The van der Waals surface area contributed by atoms with Crippen LogP contribution in [-0.2, 0) is 6.54 Å². The van der Waals surface area contributed by atoms with Gasteiger partial charge in [0.1, 0.15) is 5.82 Å². The van der Waals surface area contributed by atoms with Gasteiger partial charge in [-0.05, 0) is 37.1 Å². The molecule has 2 N–H and O–H groups in total. The summed E-state index contributed by atoms with van der Waals surface area (Å²) < 4.78 is 14.1. The molecule has 0 aromatic heterocycles. The molecular formula is C17H19FN2O. The molecule has 4 heteroatoms. The molecule has 0 saturated carbocycles. The molecule has 0 atom stereocenters. The second-order valence-electron chi connectivity index (χ2n) is 4.95. The van der Waals surface area contributed by atoms with Crippen LogP contribution in [0.15, 0.2) is 42.5 Å². The van der Waals surface area contributed by atoms with E-state index in [1.165, 1.54) is 6.07 Å². The molecule has 110 valence electrons. The van der Waals surface area contributed by atoms with Gasteiger partial charge in [-0.3, -0.25) is 4.79 Å². The Morgan fingerprint density at radius 1 is 1.19 bits per heavy atom. The third-order valence-corrected chi connectivity index (χ3v) is 3.51. The number of amides is 1. The zero-order valence-corrected chi connectivity index (χ0v) is 12.3. The molecule has 0 aliphatic rings. The van der Waals surface area contributed by atoms with E-state index in [4.69, 9.17) is 5.73 Å². The van der Waals surface area contributed by atoms with E-state index in [1.54, 1.807) is 30.0 Å². The average molecular weight is 286 g/mol. The van der Waals surface area contributed by atoms with Crippen LogP contribution in [0.2, 0.25) is 0 Å². The number of nitrogens with two attached hydrogens (primary N) is 1. The summed E-state index contributed by atoms with van der Waals surface area (Å²) in [4.78, 5) is 14.1. The van der Waals surface area contributed by atoms with Crippen molar-refractivity contribution in [2.24, 2.45) is 0 Å². The fraction of sp³-hybridized carbons (Fsp3) is 0.235. The van der Waals surface area contributed by atoms with E-state index in [0.717, 1.165) is 5.56 Å². The molecule has 1 amide bonds. The number of rotatable bonds is 4. The minimum atomic E-state index is -0.456. The molecule has 0 fully saturated rings. The fourth-order valence-corrected chi connectivity index (χ4v) is 2.19. The van der Waals surface area contributed by atoms with Crippen LogP contribution >= 0.6 is 0 Å². The normalized spacial score (nSPS) is 10.4. The lowest BCUT2D eigenvalue weighted by atomic mass is 10.1. The number of carbonyl (C=O) groups excluding carboxylic acids is 1. The van der Waals surface area contributed by atoms with Crippen molar-refractivity contribution in [3.63, 3.8) is 0 Å². The van der Waals surface area contributed by atoms with Crippen LogP contribution in [0, 0.1) is 12.7 Å². The maximum atomic E-state index is 14.1. The van der Waals surface area contributed by atoms with E-state index in [0.29, 0.717) is 24.3 Å². The predicted molar refractivity (Wildman–Crippen MR) is 82.4 cm³/mol. The molecule has 0 heterocycles. The molecule has 0 unspecified atom stereocenters. The van der Waals surface area contributed by atoms with Crippen molar-refractivity contribution in [2.45, 2.75) is 20.4 Å². The quantitative estimate of drug-likeness (QED) is 0.876. The highest BCUT2D eigenvalue weighted by Crippen LogP contribution is 2.18. The van der Waals surface area contributed by atoms with Gasteiger partial charge >= 0.3 is 0 Å². The molecular weight excluding hydrogens is 267 g/mol. The third-order valence-electron chi connectivity index (χ3n) is 3.51. The van der Waals surface area contributed by atoms with Crippen LogP contribution in [0.5, 0.6) is 0 Å². The highest BCUT2D eigenvalue weighted by molar-refractivity contribution is 5.94. The SMILES string of the molecule is CCN(Cc1ccccc1N)C(=O)c1cccc(C)c1F. The number of hydrogen-bond acceptors (Lipinski definition) is 2. The zero-order valence-electron chi connectivity index (χ0n) is 12.3. The average Bonchev–Trinajstić information content (AvgIpc) is 2.48. The molecule has 0 aliphatic carbocycles. The summed E-state index contributed by atoms with van der Waals surface area (Å²) in [7, 11) is 0. The monoisotopic (exact) mass is 286 g/mol. The number of benzene rings is 2. The first-order chi connectivity index (χ1) is 10.0. The first kappa shape index (κ1) is 15.0. The first-order valence-corrected chi connectivity index (χ1v) is 6.92. The van der Waals surface area contributed by atoms with Crippen molar-refractivity contribution in [1.82, 2.24) is 4.90 Å². The third kappa shape index (κ3) is 3.21. The molecule has 0 aliphatic heterocycles. The summed E-state index contributed by atoms with van der Waals surface area (Å²) in [6.07, 6.45) is 0. The van der Waals surface area contributed by atoms with Gasteiger partial charge in [0.25, 0.3) is 5.91 Å². The summed E-state index contributed by atoms with van der Waals surface area (Å²) in [6, 6.07) is 12.2. The summed E-state index contributed by atoms with van der Waals surface area (Å²) in [6.45, 7) is 4.37. The lowest BCUT2D eigenvalue weighted by molar-refractivity contribution is 0.0748. The van der Waals surface area contributed by atoms with Crippen LogP contribution in [0.4, 0.5) is 10.1 Å². The number of halogens is 1. The molecule has 0 saturated heterocycles. The highest BCUT2D eigenvalue weighted by atomic mass is 19.1. The van der Waals surface area contributed by atoms with Crippen LogP contribution in [0.25, 0.3) is 0 Å². The fourth-order valence-electron chi connectivity index (χ4n) is 2.19. The lowest BCUT2D eigenvalue weighted by Crippen LogP contribution is -2.31. The van der Waals surface area contributed by atoms with Crippen LogP contribution in [0.1, 0.15) is 28.4 Å². The van der Waals surface area contributed by atoms with Gasteiger partial charge in [-0.2, -0.15) is 0 Å². The molecule has 2 rings (SSSR count). The lowest BCUT2D eigenvalue weighted by Gasteiger charge is -2.22. The standard InChI is InChI=1S/C17H19FN2O/c1-3-20(11-13-8-4-5-10-15(13)19)17(21)14-9-6-7-12(2)16(14)18/h4-10H,3,11,19H2,1-2H3. The Morgan fingerprint density at radius 2 is 1.90 bits per heavy atom. The number of nitrogens with zero attached hydrogens (tertiary/aromatic N) is 1. The van der Waals surface area contributed by atoms with Crippen LogP contribution in [-0.4, -0.2) is 17.4 Å². The Morgan fingerprint density at radius 3 is 2.57 bits per heavy atom. The Hall–Kier alpha value is -2.36. The molecule has 3 nitrogen and oxygen atoms in total. The molecule has 0 bridgehead atoms. The smallest absolute Gasteiger partial charge is 0.257 e. The van der Waals surface area contributed by atoms with Gasteiger partial charge in [0.15, 0.2) is 0 Å². The summed E-state index contributed by atoms with van der Waals surface area (Å²) in [5, 5.41) is 0. The van der Waals surface area contributed by atoms with Crippen molar-refractivity contribution >= 4 is 11.6 Å². The van der Waals surface area contributed by atoms with Crippen molar-refractivity contribution < 1.29 is 9.18 Å². The van der Waals surface area contributed by atoms with Crippen molar-refractivity contribution in [3.8, 4) is 0 Å². The van der Waals surface area contributed by atoms with Crippen molar-refractivity contribution in [3.05, 3.63) is 65.0 Å². The Bertz CT molecular complexity index is 655. The Kier molecular flexibility index (Phi) is 4.58. The van der Waals surface area contributed by atoms with Gasteiger partial charge < -0.3 is 10.6 Å². The van der Waals surface area contributed by atoms with Gasteiger partial charge in [0.2, 0.25) is 0 Å².